The summed E-state index contributed by atoms with van der Waals surface area (Å²) in [5, 5.41) is 1.01. The van der Waals surface area contributed by atoms with Crippen LogP contribution in [0.5, 0.6) is 5.75 Å². The van der Waals surface area contributed by atoms with Crippen LogP contribution in [0.4, 0.5) is 14.5 Å². The molecule has 20 heavy (non-hydrogen) atoms. The first kappa shape index (κ1) is 12.4. The number of anilines is 1. The van der Waals surface area contributed by atoms with Gasteiger partial charge < -0.3 is 14.9 Å². The van der Waals surface area contributed by atoms with E-state index in [2.05, 4.69) is 4.74 Å². The van der Waals surface area contributed by atoms with Gasteiger partial charge in [0.1, 0.15) is 11.3 Å². The molecule has 0 amide bonds. The van der Waals surface area contributed by atoms with Crippen LogP contribution in [0.2, 0.25) is 0 Å². The van der Waals surface area contributed by atoms with Crippen molar-refractivity contribution in [2.24, 2.45) is 0 Å². The van der Waals surface area contributed by atoms with Gasteiger partial charge in [-0.1, -0.05) is 12.1 Å². The molecule has 2 N–H and O–H groups in total. The van der Waals surface area contributed by atoms with E-state index >= 15 is 0 Å². The third-order valence-electron chi connectivity index (χ3n) is 2.94. The van der Waals surface area contributed by atoms with Crippen LogP contribution < -0.4 is 16.1 Å². The van der Waals surface area contributed by atoms with Gasteiger partial charge in [-0.15, -0.1) is 0 Å². The van der Waals surface area contributed by atoms with Crippen molar-refractivity contribution >= 4 is 27.4 Å². The molecule has 102 valence electrons. The second-order valence-corrected chi connectivity index (χ2v) is 4.20. The van der Waals surface area contributed by atoms with E-state index in [0.29, 0.717) is 16.5 Å². The molecule has 6 heteroatoms. The SMILES string of the molecule is Nc1ccc2c(c1)c(=O)oc1cccc(OC(F)F)c12. The number of hydrogen-bond donors (Lipinski definition) is 1. The number of benzene rings is 2. The highest BCUT2D eigenvalue weighted by molar-refractivity contribution is 6.08. The molecular weight excluding hydrogens is 268 g/mol. The summed E-state index contributed by atoms with van der Waals surface area (Å²) in [5.74, 6) is -0.0454. The lowest BCUT2D eigenvalue weighted by Gasteiger charge is -2.09. The molecule has 4 nitrogen and oxygen atoms in total. The molecule has 0 unspecified atom stereocenters. The number of rotatable bonds is 2. The number of halogens is 2. The second-order valence-electron chi connectivity index (χ2n) is 4.20. The predicted octanol–water partition coefficient (Wildman–Crippen LogP) is 3.13. The molecule has 0 bridgehead atoms. The van der Waals surface area contributed by atoms with Crippen molar-refractivity contribution in [3.05, 3.63) is 46.8 Å². The van der Waals surface area contributed by atoms with Crippen molar-refractivity contribution in [3.8, 4) is 5.75 Å². The second kappa shape index (κ2) is 4.48. The van der Waals surface area contributed by atoms with Gasteiger partial charge >= 0.3 is 12.2 Å². The number of alkyl halides is 2. The van der Waals surface area contributed by atoms with Crippen LogP contribution in [-0.4, -0.2) is 6.61 Å². The van der Waals surface area contributed by atoms with E-state index < -0.39 is 12.2 Å². The Morgan fingerprint density at radius 2 is 1.95 bits per heavy atom. The molecule has 0 spiro atoms. The minimum absolute atomic E-state index is 0.0454. The minimum Gasteiger partial charge on any atom is -0.434 e. The van der Waals surface area contributed by atoms with Crippen LogP contribution in [0, 0.1) is 0 Å². The predicted molar refractivity (Wildman–Crippen MR) is 71.0 cm³/mol. The Morgan fingerprint density at radius 3 is 2.70 bits per heavy atom. The lowest BCUT2D eigenvalue weighted by Crippen LogP contribution is -2.05. The molecule has 0 saturated heterocycles. The number of nitrogens with two attached hydrogens (primary N) is 1. The van der Waals surface area contributed by atoms with Crippen molar-refractivity contribution in [2.45, 2.75) is 6.61 Å². The molecule has 0 saturated carbocycles. The number of hydrogen-bond acceptors (Lipinski definition) is 4. The Bertz CT molecular complexity index is 858. The highest BCUT2D eigenvalue weighted by Crippen LogP contribution is 2.32. The molecule has 3 aromatic rings. The summed E-state index contributed by atoms with van der Waals surface area (Å²) in [5.41, 5.74) is 5.62. The highest BCUT2D eigenvalue weighted by atomic mass is 19.3. The first-order chi connectivity index (χ1) is 9.56. The van der Waals surface area contributed by atoms with Gasteiger partial charge in [-0.3, -0.25) is 0 Å². The maximum atomic E-state index is 12.5. The molecule has 1 aromatic heterocycles. The molecule has 0 atom stereocenters. The summed E-state index contributed by atoms with van der Waals surface area (Å²) in [7, 11) is 0. The fraction of sp³-hybridized carbons (Fsp3) is 0.0714. The summed E-state index contributed by atoms with van der Waals surface area (Å²) in [6.07, 6.45) is 0. The highest BCUT2D eigenvalue weighted by Gasteiger charge is 2.14. The Hall–Kier alpha value is -2.63. The zero-order valence-electron chi connectivity index (χ0n) is 10.1. The summed E-state index contributed by atoms with van der Waals surface area (Å²) >= 11 is 0. The van der Waals surface area contributed by atoms with Gasteiger partial charge in [0.15, 0.2) is 0 Å². The average Bonchev–Trinajstić information content (AvgIpc) is 2.38. The monoisotopic (exact) mass is 277 g/mol. The van der Waals surface area contributed by atoms with Crippen molar-refractivity contribution in [2.75, 3.05) is 5.73 Å². The number of fused-ring (bicyclic) bond motifs is 3. The third-order valence-corrected chi connectivity index (χ3v) is 2.94. The Morgan fingerprint density at radius 1 is 1.15 bits per heavy atom. The van der Waals surface area contributed by atoms with Crippen LogP contribution in [0.25, 0.3) is 21.7 Å². The van der Waals surface area contributed by atoms with Gasteiger partial charge in [-0.05, 0) is 24.3 Å². The zero-order chi connectivity index (χ0) is 14.3. The maximum absolute atomic E-state index is 12.5. The lowest BCUT2D eigenvalue weighted by molar-refractivity contribution is -0.0487. The molecule has 0 aliphatic carbocycles. The number of ether oxygens (including phenoxy) is 1. The van der Waals surface area contributed by atoms with E-state index in [-0.39, 0.29) is 16.7 Å². The van der Waals surface area contributed by atoms with E-state index in [1.807, 2.05) is 0 Å². The summed E-state index contributed by atoms with van der Waals surface area (Å²) < 4.78 is 34.5. The van der Waals surface area contributed by atoms with Crippen molar-refractivity contribution in [1.82, 2.24) is 0 Å². The molecule has 1 heterocycles. The fourth-order valence-corrected chi connectivity index (χ4v) is 2.16. The van der Waals surface area contributed by atoms with E-state index in [9.17, 15) is 13.6 Å². The van der Waals surface area contributed by atoms with Crippen LogP contribution >= 0.6 is 0 Å². The standard InChI is InChI=1S/C14H9F2NO3/c15-14(16)20-11-3-1-2-10-12(11)8-5-4-7(17)6-9(8)13(18)19-10/h1-6,14H,17H2. The van der Waals surface area contributed by atoms with Gasteiger partial charge in [0.05, 0.1) is 10.8 Å². The number of nitrogen functional groups attached to an aromatic ring is 1. The fourth-order valence-electron chi connectivity index (χ4n) is 2.16. The van der Waals surface area contributed by atoms with Crippen LogP contribution in [0.15, 0.2) is 45.6 Å². The smallest absolute Gasteiger partial charge is 0.387 e. The van der Waals surface area contributed by atoms with Gasteiger partial charge in [-0.2, -0.15) is 8.78 Å². The normalized spacial score (nSPS) is 11.3. The Labute approximate surface area is 111 Å². The van der Waals surface area contributed by atoms with E-state index in [1.165, 1.54) is 24.3 Å². The first-order valence-electron chi connectivity index (χ1n) is 5.76. The lowest BCUT2D eigenvalue weighted by atomic mass is 10.1. The minimum atomic E-state index is -2.96. The maximum Gasteiger partial charge on any atom is 0.387 e. The largest absolute Gasteiger partial charge is 0.434 e. The van der Waals surface area contributed by atoms with Gasteiger partial charge in [-0.25, -0.2) is 4.79 Å². The van der Waals surface area contributed by atoms with E-state index in [1.54, 1.807) is 12.1 Å². The molecule has 2 aromatic carbocycles. The van der Waals surface area contributed by atoms with Crippen molar-refractivity contribution in [1.29, 1.82) is 0 Å². The van der Waals surface area contributed by atoms with Gasteiger partial charge in [0.25, 0.3) is 0 Å². The van der Waals surface area contributed by atoms with Gasteiger partial charge in [0, 0.05) is 11.1 Å². The molecule has 0 fully saturated rings. The molecular formula is C14H9F2NO3. The molecule has 0 aliphatic heterocycles. The van der Waals surface area contributed by atoms with Crippen molar-refractivity contribution in [3.63, 3.8) is 0 Å². The zero-order valence-corrected chi connectivity index (χ0v) is 10.1. The topological polar surface area (TPSA) is 65.5 Å². The Balaban J connectivity index is 2.47. The average molecular weight is 277 g/mol. The third kappa shape index (κ3) is 1.95. The van der Waals surface area contributed by atoms with Crippen molar-refractivity contribution < 1.29 is 17.9 Å². The van der Waals surface area contributed by atoms with Crippen LogP contribution in [-0.2, 0) is 0 Å². The summed E-state index contributed by atoms with van der Waals surface area (Å²) in [4.78, 5) is 11.9. The first-order valence-corrected chi connectivity index (χ1v) is 5.76. The molecule has 3 rings (SSSR count). The molecule has 0 radical (unpaired) electrons. The van der Waals surface area contributed by atoms with Crippen LogP contribution in [0.3, 0.4) is 0 Å². The quantitative estimate of drug-likeness (QED) is 0.444. The Kier molecular flexibility index (Phi) is 2.78. The van der Waals surface area contributed by atoms with E-state index in [0.717, 1.165) is 0 Å². The van der Waals surface area contributed by atoms with Crippen LogP contribution in [0.1, 0.15) is 0 Å². The van der Waals surface area contributed by atoms with E-state index in [4.69, 9.17) is 10.2 Å². The molecule has 0 aliphatic rings. The van der Waals surface area contributed by atoms with Gasteiger partial charge in [0.2, 0.25) is 0 Å². The summed E-state index contributed by atoms with van der Waals surface area (Å²) in [6.45, 7) is -2.96. The summed E-state index contributed by atoms with van der Waals surface area (Å²) in [6, 6.07) is 9.00.